The van der Waals surface area contributed by atoms with Gasteiger partial charge in [0.25, 0.3) is 5.91 Å². The van der Waals surface area contributed by atoms with Gasteiger partial charge in [-0.25, -0.2) is 13.6 Å². The Balaban J connectivity index is 1.34. The normalized spacial score (nSPS) is 13.8. The number of anilines is 1. The van der Waals surface area contributed by atoms with Crippen molar-refractivity contribution in [3.8, 4) is 11.3 Å². The molecule has 1 aromatic heterocycles. The second kappa shape index (κ2) is 9.91. The first kappa shape index (κ1) is 23.1. The molecule has 0 unspecified atom stereocenters. The van der Waals surface area contributed by atoms with Crippen LogP contribution in [0.5, 0.6) is 0 Å². The number of fused-ring (bicyclic) bond motifs is 1. The zero-order valence-corrected chi connectivity index (χ0v) is 18.8. The van der Waals surface area contributed by atoms with E-state index in [4.69, 9.17) is 9.36 Å². The Morgan fingerprint density at radius 1 is 0.917 bits per heavy atom. The maximum atomic E-state index is 13.8. The van der Waals surface area contributed by atoms with Crippen LogP contribution < -0.4 is 5.32 Å². The molecule has 0 fully saturated rings. The molecule has 1 N–H and O–H groups in total. The summed E-state index contributed by atoms with van der Waals surface area (Å²) in [5.41, 5.74) is 2.87. The highest BCUT2D eigenvalue weighted by Gasteiger charge is 2.27. The van der Waals surface area contributed by atoms with Crippen molar-refractivity contribution < 1.29 is 27.7 Å². The molecular weight excluding hydrogens is 468 g/mol. The molecule has 0 saturated heterocycles. The van der Waals surface area contributed by atoms with E-state index in [9.17, 15) is 18.4 Å². The lowest BCUT2D eigenvalue weighted by Crippen LogP contribution is -2.14. The van der Waals surface area contributed by atoms with Gasteiger partial charge >= 0.3 is 5.97 Å². The smallest absolute Gasteiger partial charge is 0.355 e. The van der Waals surface area contributed by atoms with Gasteiger partial charge in [0.2, 0.25) is 0 Å². The lowest BCUT2D eigenvalue weighted by molar-refractivity contribution is 0.0515. The molecule has 1 aliphatic rings. The topological polar surface area (TPSA) is 93.8 Å². The van der Waals surface area contributed by atoms with Crippen LogP contribution in [0.3, 0.4) is 0 Å². The van der Waals surface area contributed by atoms with Gasteiger partial charge in [0.05, 0.1) is 22.5 Å². The van der Waals surface area contributed by atoms with Crippen molar-refractivity contribution in [3.63, 3.8) is 0 Å². The molecule has 0 aliphatic heterocycles. The molecule has 36 heavy (non-hydrogen) atoms. The molecule has 0 bridgehead atoms. The van der Waals surface area contributed by atoms with Gasteiger partial charge in [0.1, 0.15) is 11.6 Å². The number of carbonyl (C=O) groups is 2. The van der Waals surface area contributed by atoms with Crippen molar-refractivity contribution in [1.82, 2.24) is 5.16 Å². The molecule has 0 radical (unpaired) electrons. The van der Waals surface area contributed by atoms with Crippen LogP contribution in [0.25, 0.3) is 11.3 Å². The second-order valence-electron chi connectivity index (χ2n) is 8.16. The van der Waals surface area contributed by atoms with E-state index in [-0.39, 0.29) is 11.1 Å². The SMILES string of the molecule is O=C(Nc1cccc(C(=O)O/N=C2\CCCc3noc(-c4cccc(F)c4)c32)c1)c1cccc(F)c1. The third kappa shape index (κ3) is 4.90. The molecule has 1 heterocycles. The number of amides is 1. The van der Waals surface area contributed by atoms with Crippen molar-refractivity contribution in [2.24, 2.45) is 5.16 Å². The summed E-state index contributed by atoms with van der Waals surface area (Å²) >= 11 is 0. The van der Waals surface area contributed by atoms with Gasteiger partial charge < -0.3 is 14.7 Å². The van der Waals surface area contributed by atoms with Crippen molar-refractivity contribution in [1.29, 1.82) is 0 Å². The number of rotatable bonds is 5. The third-order valence-electron chi connectivity index (χ3n) is 5.65. The molecule has 180 valence electrons. The summed E-state index contributed by atoms with van der Waals surface area (Å²) in [5.74, 6) is -1.84. The Kier molecular flexibility index (Phi) is 6.36. The summed E-state index contributed by atoms with van der Waals surface area (Å²) in [4.78, 5) is 30.3. The number of halogens is 2. The van der Waals surface area contributed by atoms with Crippen molar-refractivity contribution in [2.75, 3.05) is 5.32 Å². The summed E-state index contributed by atoms with van der Waals surface area (Å²) in [6, 6.07) is 17.3. The van der Waals surface area contributed by atoms with Crippen LogP contribution in [0.1, 0.15) is 44.8 Å². The predicted octanol–water partition coefficient (Wildman–Crippen LogP) is 5.77. The summed E-state index contributed by atoms with van der Waals surface area (Å²) in [5, 5.41) is 10.8. The van der Waals surface area contributed by atoms with Crippen LogP contribution in [0, 0.1) is 11.6 Å². The van der Waals surface area contributed by atoms with Gasteiger partial charge in [-0.2, -0.15) is 0 Å². The highest BCUT2D eigenvalue weighted by atomic mass is 19.1. The average molecular weight is 487 g/mol. The largest absolute Gasteiger partial charge is 0.365 e. The van der Waals surface area contributed by atoms with Crippen LogP contribution in [-0.2, 0) is 11.3 Å². The number of hydrogen-bond acceptors (Lipinski definition) is 6. The number of hydrogen-bond donors (Lipinski definition) is 1. The first-order valence-electron chi connectivity index (χ1n) is 11.2. The Morgan fingerprint density at radius 2 is 1.67 bits per heavy atom. The monoisotopic (exact) mass is 487 g/mol. The highest BCUT2D eigenvalue weighted by Crippen LogP contribution is 2.32. The Hall–Kier alpha value is -4.66. The van der Waals surface area contributed by atoms with E-state index in [1.807, 2.05) is 0 Å². The van der Waals surface area contributed by atoms with E-state index >= 15 is 0 Å². The van der Waals surface area contributed by atoms with Crippen LogP contribution in [0.2, 0.25) is 0 Å². The molecule has 1 amide bonds. The van der Waals surface area contributed by atoms with Crippen LogP contribution in [-0.4, -0.2) is 22.7 Å². The molecule has 0 saturated carbocycles. The van der Waals surface area contributed by atoms with Crippen LogP contribution in [0.4, 0.5) is 14.5 Å². The molecule has 4 aromatic rings. The van der Waals surface area contributed by atoms with Gasteiger partial charge in [-0.3, -0.25) is 4.79 Å². The van der Waals surface area contributed by atoms with Gasteiger partial charge in [0.15, 0.2) is 5.76 Å². The predicted molar refractivity (Wildman–Crippen MR) is 128 cm³/mol. The van der Waals surface area contributed by atoms with E-state index < -0.39 is 23.5 Å². The number of nitrogens with zero attached hydrogens (tertiary/aromatic N) is 2. The van der Waals surface area contributed by atoms with Gasteiger partial charge in [-0.15, -0.1) is 0 Å². The van der Waals surface area contributed by atoms with Gasteiger partial charge in [0, 0.05) is 16.8 Å². The Morgan fingerprint density at radius 3 is 2.47 bits per heavy atom. The molecule has 0 spiro atoms. The van der Waals surface area contributed by atoms with E-state index in [0.717, 1.165) is 12.5 Å². The summed E-state index contributed by atoms with van der Waals surface area (Å²) in [6.07, 6.45) is 1.92. The molecular formula is C27H19F2N3O4. The zero-order chi connectivity index (χ0) is 25.1. The Labute approximate surface area is 204 Å². The number of nitrogens with one attached hydrogen (secondary N) is 1. The Bertz CT molecular complexity index is 1500. The van der Waals surface area contributed by atoms with E-state index in [2.05, 4.69) is 15.6 Å². The number of aryl methyl sites for hydroxylation is 1. The maximum absolute atomic E-state index is 13.8. The molecule has 0 atom stereocenters. The summed E-state index contributed by atoms with van der Waals surface area (Å²) in [6.45, 7) is 0. The second-order valence-corrected chi connectivity index (χ2v) is 8.16. The summed E-state index contributed by atoms with van der Waals surface area (Å²) in [7, 11) is 0. The van der Waals surface area contributed by atoms with Crippen molar-refractivity contribution in [3.05, 3.63) is 107 Å². The first-order chi connectivity index (χ1) is 17.5. The minimum Gasteiger partial charge on any atom is -0.355 e. The fourth-order valence-corrected chi connectivity index (χ4v) is 3.96. The van der Waals surface area contributed by atoms with E-state index in [0.29, 0.717) is 46.8 Å². The molecule has 3 aromatic carbocycles. The number of carbonyl (C=O) groups excluding carboxylic acids is 2. The molecule has 7 nitrogen and oxygen atoms in total. The lowest BCUT2D eigenvalue weighted by atomic mass is 9.92. The van der Waals surface area contributed by atoms with Gasteiger partial charge in [-0.1, -0.05) is 34.6 Å². The standard InChI is InChI=1S/C27H19F2N3O4/c28-19-8-1-5-16(13-19)25-24-22(31-35-25)11-4-12-23(24)32-36-27(34)18-7-3-10-21(15-18)30-26(33)17-6-2-9-20(29)14-17/h1-3,5-10,13-15H,4,11-12H2,(H,30,33)/b32-23+. The molecule has 1 aliphatic carbocycles. The molecule has 9 heteroatoms. The highest BCUT2D eigenvalue weighted by molar-refractivity contribution is 6.07. The fourth-order valence-electron chi connectivity index (χ4n) is 3.96. The zero-order valence-electron chi connectivity index (χ0n) is 18.8. The number of benzene rings is 3. The number of aromatic nitrogens is 1. The van der Waals surface area contributed by atoms with Crippen LogP contribution in [0.15, 0.2) is 82.5 Å². The minimum absolute atomic E-state index is 0.144. The van der Waals surface area contributed by atoms with Crippen molar-refractivity contribution >= 4 is 23.3 Å². The quantitative estimate of drug-likeness (QED) is 0.285. The first-order valence-corrected chi connectivity index (χ1v) is 11.2. The third-order valence-corrected chi connectivity index (χ3v) is 5.65. The van der Waals surface area contributed by atoms with Crippen LogP contribution >= 0.6 is 0 Å². The minimum atomic E-state index is -0.736. The number of oxime groups is 1. The van der Waals surface area contributed by atoms with E-state index in [1.54, 1.807) is 24.3 Å². The lowest BCUT2D eigenvalue weighted by Gasteiger charge is -2.12. The fraction of sp³-hybridized carbons (Fsp3) is 0.111. The average Bonchev–Trinajstić information content (AvgIpc) is 3.32. The van der Waals surface area contributed by atoms with E-state index in [1.165, 1.54) is 42.5 Å². The van der Waals surface area contributed by atoms with Crippen molar-refractivity contribution in [2.45, 2.75) is 19.3 Å². The van der Waals surface area contributed by atoms with Gasteiger partial charge in [-0.05, 0) is 67.8 Å². The maximum Gasteiger partial charge on any atom is 0.365 e. The molecule has 5 rings (SSSR count). The summed E-state index contributed by atoms with van der Waals surface area (Å²) < 4.78 is 32.6.